The minimum atomic E-state index is -4.46. The quantitative estimate of drug-likeness (QED) is 0.819. The molecule has 134 valence electrons. The van der Waals surface area contributed by atoms with Gasteiger partial charge in [0, 0.05) is 11.7 Å². The first-order chi connectivity index (χ1) is 11.2. The Labute approximate surface area is 140 Å². The molecule has 1 amide bonds. The Hall–Kier alpha value is -1.46. The lowest BCUT2D eigenvalue weighted by Gasteiger charge is -2.47. The molecule has 2 fully saturated rings. The van der Waals surface area contributed by atoms with E-state index in [-0.39, 0.29) is 24.3 Å². The Morgan fingerprint density at radius 1 is 1.29 bits per heavy atom. The average Bonchev–Trinajstić information content (AvgIpc) is 2.96. The molecule has 0 aromatic carbocycles. The number of rotatable bonds is 3. The van der Waals surface area contributed by atoms with Gasteiger partial charge in [0.25, 0.3) is 0 Å². The maximum absolute atomic E-state index is 13.4. The summed E-state index contributed by atoms with van der Waals surface area (Å²) in [5.41, 5.74) is 4.32. The number of nitrogens with one attached hydrogen (secondary N) is 1. The lowest BCUT2D eigenvalue weighted by Crippen LogP contribution is -2.56. The molecule has 0 aromatic heterocycles. The molecule has 3 rings (SSSR count). The van der Waals surface area contributed by atoms with E-state index in [0.29, 0.717) is 18.8 Å². The smallest absolute Gasteiger partial charge is 0.399 e. The molecular weight excluding hydrogens is 317 g/mol. The number of nitrogens with two attached hydrogens (primary N) is 1. The van der Waals surface area contributed by atoms with E-state index < -0.39 is 17.5 Å². The number of carbonyl (C=O) groups is 1. The Morgan fingerprint density at radius 2 is 1.92 bits per heavy atom. The van der Waals surface area contributed by atoms with Crippen LogP contribution in [0.3, 0.4) is 0 Å². The fourth-order valence-electron chi connectivity index (χ4n) is 4.28. The maximum atomic E-state index is 13.4. The molecule has 0 radical (unpaired) electrons. The van der Waals surface area contributed by atoms with Gasteiger partial charge in [0.2, 0.25) is 5.91 Å². The number of amides is 1. The average molecular weight is 342 g/mol. The van der Waals surface area contributed by atoms with Gasteiger partial charge in [-0.3, -0.25) is 4.79 Å². The molecule has 3 nitrogen and oxygen atoms in total. The lowest BCUT2D eigenvalue weighted by molar-refractivity contribution is -0.220. The second-order valence-electron chi connectivity index (χ2n) is 7.87. The van der Waals surface area contributed by atoms with Crippen LogP contribution in [0.2, 0.25) is 0 Å². The van der Waals surface area contributed by atoms with E-state index in [1.807, 2.05) is 12.2 Å². The minimum absolute atomic E-state index is 0.0147. The molecule has 1 unspecified atom stereocenters. The van der Waals surface area contributed by atoms with Crippen LogP contribution in [0.15, 0.2) is 23.9 Å². The van der Waals surface area contributed by atoms with Gasteiger partial charge in [0.15, 0.2) is 0 Å². The van der Waals surface area contributed by atoms with Gasteiger partial charge in [-0.05, 0) is 49.5 Å². The van der Waals surface area contributed by atoms with E-state index in [1.54, 1.807) is 0 Å². The highest BCUT2D eigenvalue weighted by Crippen LogP contribution is 2.52. The summed E-state index contributed by atoms with van der Waals surface area (Å²) in [7, 11) is 0. The van der Waals surface area contributed by atoms with Crippen molar-refractivity contribution in [2.75, 3.05) is 0 Å². The number of hydrogen-bond donors (Lipinski definition) is 2. The maximum Gasteiger partial charge on any atom is 0.403 e. The van der Waals surface area contributed by atoms with Crippen molar-refractivity contribution in [3.8, 4) is 0 Å². The molecule has 3 aliphatic rings. The summed E-state index contributed by atoms with van der Waals surface area (Å²) in [5.74, 6) is -0.446. The first-order valence-corrected chi connectivity index (χ1v) is 8.69. The highest BCUT2D eigenvalue weighted by Gasteiger charge is 2.61. The van der Waals surface area contributed by atoms with Crippen LogP contribution in [-0.4, -0.2) is 18.1 Å². The Kier molecular flexibility index (Phi) is 4.21. The summed E-state index contributed by atoms with van der Waals surface area (Å²) in [6, 6.07) is -0.143. The van der Waals surface area contributed by atoms with Crippen molar-refractivity contribution < 1.29 is 18.0 Å². The number of carbonyl (C=O) groups excluding carboxylic acids is 1. The number of halogens is 3. The topological polar surface area (TPSA) is 55.1 Å². The van der Waals surface area contributed by atoms with E-state index in [0.717, 1.165) is 25.0 Å². The monoisotopic (exact) mass is 342 g/mol. The van der Waals surface area contributed by atoms with Gasteiger partial charge in [-0.1, -0.05) is 31.9 Å². The van der Waals surface area contributed by atoms with Crippen molar-refractivity contribution in [3.63, 3.8) is 0 Å². The van der Waals surface area contributed by atoms with Crippen LogP contribution in [0.4, 0.5) is 13.2 Å². The Balaban J connectivity index is 1.58. The highest BCUT2D eigenvalue weighted by atomic mass is 19.4. The predicted molar refractivity (Wildman–Crippen MR) is 85.7 cm³/mol. The zero-order valence-corrected chi connectivity index (χ0v) is 14.0. The predicted octanol–water partition coefficient (Wildman–Crippen LogP) is 3.81. The molecule has 0 aliphatic heterocycles. The van der Waals surface area contributed by atoms with Gasteiger partial charge in [-0.2, -0.15) is 13.2 Å². The van der Waals surface area contributed by atoms with Crippen molar-refractivity contribution in [1.82, 2.24) is 5.32 Å². The molecule has 3 N–H and O–H groups in total. The van der Waals surface area contributed by atoms with Crippen molar-refractivity contribution >= 4 is 5.91 Å². The van der Waals surface area contributed by atoms with Gasteiger partial charge in [0.1, 0.15) is 5.41 Å². The molecule has 0 aromatic rings. The third-order valence-electron chi connectivity index (χ3n) is 6.27. The fourth-order valence-corrected chi connectivity index (χ4v) is 4.28. The third kappa shape index (κ3) is 2.84. The first-order valence-electron chi connectivity index (χ1n) is 8.69. The van der Waals surface area contributed by atoms with Crippen LogP contribution >= 0.6 is 0 Å². The molecule has 1 atom stereocenters. The number of hydrogen-bond acceptors (Lipinski definition) is 2. The molecule has 3 aliphatic carbocycles. The summed E-state index contributed by atoms with van der Waals surface area (Å²) >= 11 is 0. The van der Waals surface area contributed by atoms with Gasteiger partial charge < -0.3 is 11.1 Å². The SMILES string of the molecule is CC1(C2CC(NC(=O)C3(C(F)(F)F)CCCC3)C2)C=CC(N)=CC1. The summed E-state index contributed by atoms with van der Waals surface area (Å²) in [6.07, 6.45) is 4.60. The number of alkyl halides is 3. The van der Waals surface area contributed by atoms with Crippen LogP contribution in [0.25, 0.3) is 0 Å². The normalized spacial score (nSPS) is 35.2. The van der Waals surface area contributed by atoms with E-state index in [9.17, 15) is 18.0 Å². The van der Waals surface area contributed by atoms with Gasteiger partial charge >= 0.3 is 6.18 Å². The van der Waals surface area contributed by atoms with Crippen molar-refractivity contribution in [2.24, 2.45) is 22.5 Å². The van der Waals surface area contributed by atoms with Gasteiger partial charge in [0.05, 0.1) is 0 Å². The molecule has 6 heteroatoms. The molecule has 0 bridgehead atoms. The van der Waals surface area contributed by atoms with Gasteiger partial charge in [-0.15, -0.1) is 0 Å². The summed E-state index contributed by atoms with van der Waals surface area (Å²) in [6.45, 7) is 2.14. The van der Waals surface area contributed by atoms with Gasteiger partial charge in [-0.25, -0.2) is 0 Å². The molecule has 0 heterocycles. The standard InChI is InChI=1S/C18H25F3N2O/c1-16(8-4-13(22)5-9-16)12-10-14(11-12)23-15(24)17(18(19,20)21)6-2-3-7-17/h4-5,8,12,14H,2-3,6-7,9-11,22H2,1H3,(H,23,24). The zero-order valence-electron chi connectivity index (χ0n) is 14.0. The van der Waals surface area contributed by atoms with Crippen molar-refractivity contribution in [1.29, 1.82) is 0 Å². The molecule has 2 saturated carbocycles. The van der Waals surface area contributed by atoms with Crippen molar-refractivity contribution in [3.05, 3.63) is 23.9 Å². The molecular formula is C18H25F3N2O. The van der Waals surface area contributed by atoms with Crippen LogP contribution in [0.5, 0.6) is 0 Å². The summed E-state index contributed by atoms with van der Waals surface area (Å²) in [4.78, 5) is 12.4. The fraction of sp³-hybridized carbons (Fsp3) is 0.722. The number of allylic oxidation sites excluding steroid dienone is 3. The van der Waals surface area contributed by atoms with E-state index in [1.165, 1.54) is 0 Å². The lowest BCUT2D eigenvalue weighted by atomic mass is 9.61. The Bertz CT molecular complexity index is 569. The van der Waals surface area contributed by atoms with Crippen LogP contribution in [-0.2, 0) is 4.79 Å². The summed E-state index contributed by atoms with van der Waals surface area (Å²) in [5, 5.41) is 2.68. The second kappa shape index (κ2) is 5.81. The van der Waals surface area contributed by atoms with Crippen LogP contribution in [0, 0.1) is 16.7 Å². The first kappa shape index (κ1) is 17.4. The zero-order chi connectivity index (χ0) is 17.6. The molecule has 0 saturated heterocycles. The largest absolute Gasteiger partial charge is 0.403 e. The third-order valence-corrected chi connectivity index (χ3v) is 6.27. The second-order valence-corrected chi connectivity index (χ2v) is 7.87. The van der Waals surface area contributed by atoms with E-state index >= 15 is 0 Å². The minimum Gasteiger partial charge on any atom is -0.399 e. The van der Waals surface area contributed by atoms with Crippen LogP contribution in [0.1, 0.15) is 51.9 Å². The molecule has 0 spiro atoms. The Morgan fingerprint density at radius 3 is 2.42 bits per heavy atom. The summed E-state index contributed by atoms with van der Waals surface area (Å²) < 4.78 is 40.2. The van der Waals surface area contributed by atoms with E-state index in [4.69, 9.17) is 5.73 Å². The van der Waals surface area contributed by atoms with Crippen molar-refractivity contribution in [2.45, 2.75) is 64.1 Å². The van der Waals surface area contributed by atoms with Crippen LogP contribution < -0.4 is 11.1 Å². The highest BCUT2D eigenvalue weighted by molar-refractivity contribution is 5.84. The molecule has 24 heavy (non-hydrogen) atoms. The van der Waals surface area contributed by atoms with E-state index in [2.05, 4.69) is 18.3 Å².